The number of pyridine rings is 3. The van der Waals surface area contributed by atoms with Crippen molar-refractivity contribution < 1.29 is 0 Å². The SMILES string of the molecule is c1ccc(C2c3ccccc3-c3c2n2c4c(ccnc34)B3c4c-2cc(-c2ccccn2)cc4-n2c4c3cccc4c3c4ncccc4n(-c4ccccc4)c32)cc1. The minimum atomic E-state index is -0.00849. The highest BCUT2D eigenvalue weighted by molar-refractivity contribution is 7.00. The Kier molecular flexibility index (Phi) is 5.55. The minimum absolute atomic E-state index is 0.00849. The van der Waals surface area contributed by atoms with E-state index in [-0.39, 0.29) is 12.6 Å². The van der Waals surface area contributed by atoms with E-state index in [1.807, 2.05) is 30.7 Å². The fourth-order valence-electron chi connectivity index (χ4n) is 10.8. The predicted molar refractivity (Wildman–Crippen MR) is 231 cm³/mol. The summed E-state index contributed by atoms with van der Waals surface area (Å²) in [5.74, 6) is 0.0395. The molecule has 7 heteroatoms. The zero-order valence-corrected chi connectivity index (χ0v) is 30.5. The van der Waals surface area contributed by atoms with Crippen LogP contribution >= 0.6 is 0 Å². The molecule has 57 heavy (non-hydrogen) atoms. The standard InChI is InChI=1S/C50H29BN6/c1-3-13-29(14-4-1)41-32-17-7-8-18-33(32)42-46-48-36(23-26-54-46)51-35-20-11-19-34-43-45-38(22-12-25-53-45)55(31-15-5-2-6-16-31)50(43)57(47(34)35)40-28-30(37-21-9-10-24-52-37)27-39(44(40)51)56(48)49(41)42/h1-28,41H. The summed E-state index contributed by atoms with van der Waals surface area (Å²) in [7, 11) is 0. The van der Waals surface area contributed by atoms with E-state index < -0.39 is 0 Å². The number of aromatic nitrogens is 6. The van der Waals surface area contributed by atoms with Gasteiger partial charge in [0.1, 0.15) is 5.65 Å². The number of hydrogen-bond donors (Lipinski definition) is 0. The second-order valence-electron chi connectivity index (χ2n) is 15.5. The van der Waals surface area contributed by atoms with Gasteiger partial charge in [-0.25, -0.2) is 0 Å². The van der Waals surface area contributed by atoms with Crippen molar-refractivity contribution in [3.63, 3.8) is 0 Å². The van der Waals surface area contributed by atoms with Gasteiger partial charge < -0.3 is 4.57 Å². The Balaban J connectivity index is 1.20. The lowest BCUT2D eigenvalue weighted by molar-refractivity contribution is 0.904. The van der Waals surface area contributed by atoms with Crippen LogP contribution in [0.1, 0.15) is 22.7 Å². The number of fused-ring (bicyclic) bond motifs is 14. The molecule has 3 aliphatic rings. The molecule has 6 nitrogen and oxygen atoms in total. The van der Waals surface area contributed by atoms with Gasteiger partial charge in [0.2, 0.25) is 0 Å². The van der Waals surface area contributed by atoms with Crippen molar-refractivity contribution in [2.45, 2.75) is 5.92 Å². The predicted octanol–water partition coefficient (Wildman–Crippen LogP) is 8.83. The molecule has 0 amide bonds. The molecule has 0 saturated carbocycles. The number of para-hydroxylation sites is 2. The van der Waals surface area contributed by atoms with E-state index in [4.69, 9.17) is 15.0 Å². The Bertz CT molecular complexity index is 3530. The number of benzene rings is 5. The summed E-state index contributed by atoms with van der Waals surface area (Å²) in [5, 5.41) is 2.38. The summed E-state index contributed by atoms with van der Waals surface area (Å²) < 4.78 is 7.55. The Morgan fingerprint density at radius 1 is 0.544 bits per heavy atom. The van der Waals surface area contributed by atoms with Gasteiger partial charge in [0.05, 0.1) is 44.6 Å². The third-order valence-corrected chi connectivity index (χ3v) is 12.8. The van der Waals surface area contributed by atoms with E-state index in [0.29, 0.717) is 0 Å². The van der Waals surface area contributed by atoms with Crippen LogP contribution in [0, 0.1) is 0 Å². The van der Waals surface area contributed by atoms with Crippen molar-refractivity contribution in [3.8, 4) is 39.4 Å². The summed E-state index contributed by atoms with van der Waals surface area (Å²) >= 11 is 0. The van der Waals surface area contributed by atoms with Crippen molar-refractivity contribution >= 4 is 67.1 Å². The normalized spacial score (nSPS) is 14.5. The van der Waals surface area contributed by atoms with Gasteiger partial charge in [0.15, 0.2) is 0 Å². The monoisotopic (exact) mass is 724 g/mol. The first kappa shape index (κ1) is 29.8. The molecule has 6 aromatic heterocycles. The van der Waals surface area contributed by atoms with Gasteiger partial charge in [0, 0.05) is 57.9 Å². The Hall–Kier alpha value is -7.51. The number of hydrogen-bond acceptors (Lipinski definition) is 3. The van der Waals surface area contributed by atoms with Gasteiger partial charge >= 0.3 is 0 Å². The molecule has 8 heterocycles. The molecule has 0 spiro atoms. The maximum Gasteiger partial charge on any atom is 0.252 e. The molecule has 1 atom stereocenters. The zero-order valence-electron chi connectivity index (χ0n) is 30.5. The summed E-state index contributed by atoms with van der Waals surface area (Å²) in [5.41, 5.74) is 22.4. The van der Waals surface area contributed by atoms with Crippen LogP contribution in [0.2, 0.25) is 0 Å². The van der Waals surface area contributed by atoms with Gasteiger partial charge in [-0.05, 0) is 87.7 Å². The molecule has 262 valence electrons. The summed E-state index contributed by atoms with van der Waals surface area (Å²) in [4.78, 5) is 15.3. The van der Waals surface area contributed by atoms with Crippen molar-refractivity contribution in [2.24, 2.45) is 0 Å². The molecule has 0 bridgehead atoms. The van der Waals surface area contributed by atoms with Crippen LogP contribution < -0.4 is 16.4 Å². The fourth-order valence-corrected chi connectivity index (χ4v) is 10.8. The largest absolute Gasteiger partial charge is 0.311 e. The highest BCUT2D eigenvalue weighted by atomic mass is 15.2. The van der Waals surface area contributed by atoms with Crippen molar-refractivity contribution in [2.75, 3.05) is 0 Å². The van der Waals surface area contributed by atoms with E-state index in [1.165, 1.54) is 77.5 Å². The molecule has 0 radical (unpaired) electrons. The van der Waals surface area contributed by atoms with E-state index in [2.05, 4.69) is 153 Å². The molecular weight excluding hydrogens is 695 g/mol. The van der Waals surface area contributed by atoms with Gasteiger partial charge in [-0.3, -0.25) is 24.1 Å². The fraction of sp³-hybridized carbons (Fsp3) is 0.0200. The molecule has 1 unspecified atom stereocenters. The maximum absolute atomic E-state index is 5.25. The summed E-state index contributed by atoms with van der Waals surface area (Å²) in [6, 6.07) is 55.1. The molecule has 5 aromatic carbocycles. The average molecular weight is 725 g/mol. The molecule has 14 rings (SSSR count). The molecule has 0 saturated heterocycles. The Morgan fingerprint density at radius 3 is 2.16 bits per heavy atom. The maximum atomic E-state index is 5.25. The average Bonchev–Trinajstić information content (AvgIpc) is 4.00. The van der Waals surface area contributed by atoms with Crippen LogP contribution in [0.4, 0.5) is 0 Å². The lowest BCUT2D eigenvalue weighted by atomic mass is 9.34. The molecule has 11 aromatic rings. The third-order valence-electron chi connectivity index (χ3n) is 12.8. The Labute approximate surface area is 327 Å². The number of nitrogens with zero attached hydrogens (tertiary/aromatic N) is 6. The highest BCUT2D eigenvalue weighted by Gasteiger charge is 2.45. The van der Waals surface area contributed by atoms with Crippen LogP contribution in [-0.4, -0.2) is 35.4 Å². The second-order valence-corrected chi connectivity index (χ2v) is 15.5. The van der Waals surface area contributed by atoms with Gasteiger partial charge in [0.25, 0.3) is 6.71 Å². The first-order chi connectivity index (χ1) is 28.3. The number of rotatable bonds is 3. The van der Waals surface area contributed by atoms with Crippen LogP contribution in [0.25, 0.3) is 83.4 Å². The molecule has 2 aliphatic heterocycles. The van der Waals surface area contributed by atoms with E-state index in [9.17, 15) is 0 Å². The highest BCUT2D eigenvalue weighted by Crippen LogP contribution is 2.53. The van der Waals surface area contributed by atoms with E-state index in [1.54, 1.807) is 0 Å². The molecular formula is C50H29BN6. The van der Waals surface area contributed by atoms with Crippen molar-refractivity contribution in [3.05, 3.63) is 187 Å². The van der Waals surface area contributed by atoms with Gasteiger partial charge in [-0.15, -0.1) is 0 Å². The third kappa shape index (κ3) is 3.61. The van der Waals surface area contributed by atoms with Crippen LogP contribution in [0.5, 0.6) is 0 Å². The molecule has 0 fully saturated rings. The quantitative estimate of drug-likeness (QED) is 0.171. The van der Waals surface area contributed by atoms with Gasteiger partial charge in [-0.2, -0.15) is 0 Å². The summed E-state index contributed by atoms with van der Waals surface area (Å²) in [6.07, 6.45) is 5.86. The van der Waals surface area contributed by atoms with Crippen LogP contribution in [-0.2, 0) is 0 Å². The first-order valence-corrected chi connectivity index (χ1v) is 19.6. The lowest BCUT2D eigenvalue weighted by Crippen LogP contribution is -2.59. The smallest absolute Gasteiger partial charge is 0.252 e. The van der Waals surface area contributed by atoms with Gasteiger partial charge in [-0.1, -0.05) is 97.1 Å². The van der Waals surface area contributed by atoms with Crippen LogP contribution in [0.15, 0.2) is 170 Å². The lowest BCUT2D eigenvalue weighted by Gasteiger charge is -2.35. The van der Waals surface area contributed by atoms with Crippen molar-refractivity contribution in [1.29, 1.82) is 0 Å². The minimum Gasteiger partial charge on any atom is -0.311 e. The van der Waals surface area contributed by atoms with Crippen molar-refractivity contribution in [1.82, 2.24) is 28.7 Å². The first-order valence-electron chi connectivity index (χ1n) is 19.6. The molecule has 0 N–H and O–H groups in total. The topological polar surface area (TPSA) is 53.5 Å². The zero-order chi connectivity index (χ0) is 36.9. The van der Waals surface area contributed by atoms with Crippen LogP contribution in [0.3, 0.4) is 0 Å². The van der Waals surface area contributed by atoms with E-state index >= 15 is 0 Å². The summed E-state index contributed by atoms with van der Waals surface area (Å²) in [6.45, 7) is -0.00849. The second kappa shape index (κ2) is 10.6. The molecule has 1 aliphatic carbocycles. The van der Waals surface area contributed by atoms with E-state index in [0.717, 1.165) is 39.1 Å². The Morgan fingerprint density at radius 2 is 1.30 bits per heavy atom.